The van der Waals surface area contributed by atoms with Crippen molar-refractivity contribution >= 4 is 11.8 Å². The minimum Gasteiger partial charge on any atom is -0.396 e. The summed E-state index contributed by atoms with van der Waals surface area (Å²) < 4.78 is 0. The van der Waals surface area contributed by atoms with Gasteiger partial charge in [0.25, 0.3) is 0 Å². The van der Waals surface area contributed by atoms with Crippen LogP contribution in [0.2, 0.25) is 0 Å². The van der Waals surface area contributed by atoms with E-state index in [4.69, 9.17) is 5.11 Å². The fourth-order valence-electron chi connectivity index (χ4n) is 1.07. The summed E-state index contributed by atoms with van der Waals surface area (Å²) in [6.07, 6.45) is 2.66. The van der Waals surface area contributed by atoms with Crippen LogP contribution >= 0.6 is 11.8 Å². The maximum atomic E-state index is 8.74. The van der Waals surface area contributed by atoms with E-state index in [9.17, 15) is 0 Å². The van der Waals surface area contributed by atoms with E-state index in [-0.39, 0.29) is 6.61 Å². The molecule has 0 spiro atoms. The maximum Gasteiger partial charge on any atom is 0.0441 e. The molecule has 0 bridgehead atoms. The number of rotatable bonds is 4. The first kappa shape index (κ1) is 10.5. The van der Waals surface area contributed by atoms with Gasteiger partial charge in [0.2, 0.25) is 0 Å². The number of hydrogen-bond donors (Lipinski definition) is 1. The summed E-state index contributed by atoms with van der Waals surface area (Å²) in [7, 11) is 0. The van der Waals surface area contributed by atoms with Crippen molar-refractivity contribution in [3.63, 3.8) is 0 Å². The summed E-state index contributed by atoms with van der Waals surface area (Å²) in [5.41, 5.74) is 1.04. The Labute approximate surface area is 83.4 Å². The molecule has 1 rings (SSSR count). The van der Waals surface area contributed by atoms with E-state index >= 15 is 0 Å². The zero-order valence-electron chi connectivity index (χ0n) is 8.03. The predicted molar refractivity (Wildman–Crippen MR) is 56.0 cm³/mol. The monoisotopic (exact) mass is 197 g/mol. The second-order valence-electron chi connectivity index (χ2n) is 3.07. The molecule has 13 heavy (non-hydrogen) atoms. The van der Waals surface area contributed by atoms with Crippen molar-refractivity contribution in [3.8, 4) is 0 Å². The molecule has 0 saturated heterocycles. The molecular formula is C10H15NOS. The highest BCUT2D eigenvalue weighted by Gasteiger charge is 2.03. The highest BCUT2D eigenvalue weighted by Crippen LogP contribution is 2.24. The largest absolute Gasteiger partial charge is 0.396 e. The van der Waals surface area contributed by atoms with E-state index in [0.29, 0.717) is 5.25 Å². The summed E-state index contributed by atoms with van der Waals surface area (Å²) >= 11 is 1.78. The Morgan fingerprint density at radius 3 is 3.00 bits per heavy atom. The molecule has 1 aromatic rings. The number of aliphatic hydroxyl groups is 1. The third-order valence-electron chi connectivity index (χ3n) is 1.74. The first-order valence-electron chi connectivity index (χ1n) is 4.42. The lowest BCUT2D eigenvalue weighted by molar-refractivity contribution is 0.289. The van der Waals surface area contributed by atoms with Crippen LogP contribution in [0.25, 0.3) is 0 Å². The maximum absolute atomic E-state index is 8.74. The average molecular weight is 197 g/mol. The van der Waals surface area contributed by atoms with E-state index in [0.717, 1.165) is 12.1 Å². The SMILES string of the molecule is Cc1cc(SC(C)CCO)ccn1. The number of thioether (sulfide) groups is 1. The fourth-order valence-corrected chi connectivity index (χ4v) is 2.13. The molecule has 0 saturated carbocycles. The molecule has 0 aliphatic rings. The summed E-state index contributed by atoms with van der Waals surface area (Å²) in [6.45, 7) is 4.37. The van der Waals surface area contributed by atoms with Crippen molar-refractivity contribution in [3.05, 3.63) is 24.0 Å². The molecule has 1 atom stereocenters. The predicted octanol–water partition coefficient (Wildman–Crippen LogP) is 2.25. The topological polar surface area (TPSA) is 33.1 Å². The first-order chi connectivity index (χ1) is 6.22. The second kappa shape index (κ2) is 5.25. The van der Waals surface area contributed by atoms with E-state index in [1.807, 2.05) is 19.2 Å². The third kappa shape index (κ3) is 3.79. The lowest BCUT2D eigenvalue weighted by Gasteiger charge is -2.08. The molecule has 0 aliphatic heterocycles. The number of hydrogen-bond acceptors (Lipinski definition) is 3. The Balaban J connectivity index is 2.53. The lowest BCUT2D eigenvalue weighted by Crippen LogP contribution is -1.98. The van der Waals surface area contributed by atoms with E-state index in [1.54, 1.807) is 11.8 Å². The molecule has 3 heteroatoms. The number of aliphatic hydroxyl groups excluding tert-OH is 1. The van der Waals surface area contributed by atoms with Crippen molar-refractivity contribution in [2.45, 2.75) is 30.4 Å². The second-order valence-corrected chi connectivity index (χ2v) is 4.59. The highest BCUT2D eigenvalue weighted by atomic mass is 32.2. The molecule has 0 aromatic carbocycles. The fraction of sp³-hybridized carbons (Fsp3) is 0.500. The van der Waals surface area contributed by atoms with Crippen LogP contribution in [0.1, 0.15) is 19.0 Å². The average Bonchev–Trinajstić information content (AvgIpc) is 2.04. The standard InChI is InChI=1S/C10H15NOS/c1-8-7-10(3-5-11-8)13-9(2)4-6-12/h3,5,7,9,12H,4,6H2,1-2H3. The molecule has 1 unspecified atom stereocenters. The minimum atomic E-state index is 0.262. The summed E-state index contributed by atoms with van der Waals surface area (Å²) in [4.78, 5) is 5.36. The quantitative estimate of drug-likeness (QED) is 0.752. The van der Waals surface area contributed by atoms with Crippen LogP contribution in [0.4, 0.5) is 0 Å². The van der Waals surface area contributed by atoms with Gasteiger partial charge in [-0.1, -0.05) is 6.92 Å². The zero-order chi connectivity index (χ0) is 9.68. The van der Waals surface area contributed by atoms with Crippen LogP contribution in [-0.4, -0.2) is 21.9 Å². The van der Waals surface area contributed by atoms with Crippen LogP contribution in [0.5, 0.6) is 0 Å². The van der Waals surface area contributed by atoms with Crippen LogP contribution in [0, 0.1) is 6.92 Å². The van der Waals surface area contributed by atoms with Gasteiger partial charge in [0.05, 0.1) is 0 Å². The van der Waals surface area contributed by atoms with Crippen LogP contribution < -0.4 is 0 Å². The number of aromatic nitrogens is 1. The van der Waals surface area contributed by atoms with Gasteiger partial charge in [0.1, 0.15) is 0 Å². The van der Waals surface area contributed by atoms with Gasteiger partial charge in [0.15, 0.2) is 0 Å². The minimum absolute atomic E-state index is 0.262. The normalized spacial score (nSPS) is 12.8. The van der Waals surface area contributed by atoms with Crippen molar-refractivity contribution in [2.75, 3.05) is 6.61 Å². The Kier molecular flexibility index (Phi) is 4.25. The Morgan fingerprint density at radius 2 is 2.38 bits per heavy atom. The molecule has 1 N–H and O–H groups in total. The van der Waals surface area contributed by atoms with Crippen molar-refractivity contribution in [2.24, 2.45) is 0 Å². The highest BCUT2D eigenvalue weighted by molar-refractivity contribution is 7.99. The Bertz CT molecular complexity index is 265. The van der Waals surface area contributed by atoms with Crippen molar-refractivity contribution in [1.29, 1.82) is 0 Å². The first-order valence-corrected chi connectivity index (χ1v) is 5.30. The molecule has 0 radical (unpaired) electrons. The third-order valence-corrected chi connectivity index (χ3v) is 2.91. The number of pyridine rings is 1. The van der Waals surface area contributed by atoms with E-state index < -0.39 is 0 Å². The molecule has 1 aromatic heterocycles. The lowest BCUT2D eigenvalue weighted by atomic mass is 10.3. The number of aryl methyl sites for hydroxylation is 1. The van der Waals surface area contributed by atoms with Gasteiger partial charge in [-0.05, 0) is 25.5 Å². The molecule has 72 valence electrons. The zero-order valence-corrected chi connectivity index (χ0v) is 8.84. The number of nitrogens with zero attached hydrogens (tertiary/aromatic N) is 1. The van der Waals surface area contributed by atoms with Crippen molar-refractivity contribution < 1.29 is 5.11 Å². The van der Waals surface area contributed by atoms with E-state index in [1.165, 1.54) is 4.90 Å². The molecule has 2 nitrogen and oxygen atoms in total. The van der Waals surface area contributed by atoms with Gasteiger partial charge >= 0.3 is 0 Å². The van der Waals surface area contributed by atoms with Gasteiger partial charge in [-0.25, -0.2) is 0 Å². The smallest absolute Gasteiger partial charge is 0.0441 e. The molecule has 1 heterocycles. The van der Waals surface area contributed by atoms with Crippen LogP contribution in [0.15, 0.2) is 23.2 Å². The van der Waals surface area contributed by atoms with Crippen LogP contribution in [-0.2, 0) is 0 Å². The summed E-state index contributed by atoms with van der Waals surface area (Å²) in [5.74, 6) is 0. The van der Waals surface area contributed by atoms with Gasteiger partial charge in [0, 0.05) is 28.6 Å². The Morgan fingerprint density at radius 1 is 1.62 bits per heavy atom. The molecule has 0 amide bonds. The molecular weight excluding hydrogens is 182 g/mol. The van der Waals surface area contributed by atoms with E-state index in [2.05, 4.69) is 18.0 Å². The molecule has 0 aliphatic carbocycles. The molecule has 0 fully saturated rings. The summed E-state index contributed by atoms with van der Waals surface area (Å²) in [6, 6.07) is 4.07. The van der Waals surface area contributed by atoms with Gasteiger partial charge in [-0.3, -0.25) is 4.98 Å². The van der Waals surface area contributed by atoms with Gasteiger partial charge in [-0.2, -0.15) is 0 Å². The van der Waals surface area contributed by atoms with Crippen molar-refractivity contribution in [1.82, 2.24) is 4.98 Å². The van der Waals surface area contributed by atoms with Gasteiger partial charge < -0.3 is 5.11 Å². The van der Waals surface area contributed by atoms with Gasteiger partial charge in [-0.15, -0.1) is 11.8 Å². The summed E-state index contributed by atoms with van der Waals surface area (Å²) in [5, 5.41) is 9.21. The van der Waals surface area contributed by atoms with Crippen LogP contribution in [0.3, 0.4) is 0 Å². The Hall–Kier alpha value is -0.540.